The second-order valence-electron chi connectivity index (χ2n) is 8.54. The molecule has 9 heteroatoms. The fraction of sp³-hybridized carbons (Fsp3) is 0.143. The lowest BCUT2D eigenvalue weighted by atomic mass is 10.2. The van der Waals surface area contributed by atoms with Gasteiger partial charge in [-0.25, -0.2) is 10.2 Å². The number of aromatic nitrogens is 4. The van der Waals surface area contributed by atoms with Crippen LogP contribution in [-0.4, -0.2) is 32.0 Å². The molecule has 0 saturated carbocycles. The molecule has 0 aliphatic carbocycles. The third-order valence-corrected chi connectivity index (χ3v) is 6.09. The van der Waals surface area contributed by atoms with Gasteiger partial charge in [0.1, 0.15) is 5.75 Å². The lowest BCUT2D eigenvalue weighted by molar-refractivity contribution is 0.415. The number of nitrogens with zero attached hydrogens (tertiary/aromatic N) is 5. The first-order chi connectivity index (χ1) is 18.0. The van der Waals surface area contributed by atoms with E-state index in [1.165, 1.54) is 9.13 Å². The van der Waals surface area contributed by atoms with Crippen molar-refractivity contribution in [1.82, 2.24) is 18.7 Å². The number of anilines is 1. The van der Waals surface area contributed by atoms with Gasteiger partial charge in [0.15, 0.2) is 11.2 Å². The molecule has 5 aromatic rings. The molecule has 0 spiro atoms. The summed E-state index contributed by atoms with van der Waals surface area (Å²) in [6, 6.07) is 26.6. The van der Waals surface area contributed by atoms with Gasteiger partial charge in [-0.15, -0.1) is 0 Å². The van der Waals surface area contributed by atoms with Crippen LogP contribution >= 0.6 is 0 Å². The van der Waals surface area contributed by atoms with Crippen molar-refractivity contribution in [1.29, 1.82) is 0 Å². The summed E-state index contributed by atoms with van der Waals surface area (Å²) in [6.07, 6.45) is 1.65. The highest BCUT2D eigenvalue weighted by molar-refractivity contribution is 5.80. The molecule has 186 valence electrons. The fourth-order valence-corrected chi connectivity index (χ4v) is 4.14. The van der Waals surface area contributed by atoms with Crippen molar-refractivity contribution >= 4 is 23.3 Å². The Morgan fingerprint density at radius 3 is 2.05 bits per heavy atom. The number of aryl methyl sites for hydroxylation is 1. The van der Waals surface area contributed by atoms with Gasteiger partial charge in [0.25, 0.3) is 5.56 Å². The van der Waals surface area contributed by atoms with Gasteiger partial charge in [-0.1, -0.05) is 60.7 Å². The Bertz CT molecular complexity index is 1670. The van der Waals surface area contributed by atoms with E-state index in [1.807, 2.05) is 84.9 Å². The highest BCUT2D eigenvalue weighted by Crippen LogP contribution is 2.18. The van der Waals surface area contributed by atoms with Gasteiger partial charge in [0, 0.05) is 7.05 Å². The number of methoxy groups -OCH3 is 1. The van der Waals surface area contributed by atoms with Crippen LogP contribution in [0.15, 0.2) is 99.6 Å². The third kappa shape index (κ3) is 4.92. The summed E-state index contributed by atoms with van der Waals surface area (Å²) in [6.45, 7) is 0.535. The Kier molecular flexibility index (Phi) is 6.67. The van der Waals surface area contributed by atoms with E-state index in [0.29, 0.717) is 18.0 Å². The predicted molar refractivity (Wildman–Crippen MR) is 145 cm³/mol. The second kappa shape index (κ2) is 10.4. The van der Waals surface area contributed by atoms with Gasteiger partial charge in [0.2, 0.25) is 5.95 Å². The Balaban J connectivity index is 1.60. The van der Waals surface area contributed by atoms with Crippen molar-refractivity contribution in [3.63, 3.8) is 0 Å². The maximum atomic E-state index is 13.7. The lowest BCUT2D eigenvalue weighted by Crippen LogP contribution is -2.40. The van der Waals surface area contributed by atoms with E-state index in [1.54, 1.807) is 24.9 Å². The lowest BCUT2D eigenvalue weighted by Gasteiger charge is -2.11. The smallest absolute Gasteiger partial charge is 0.332 e. The molecule has 0 saturated heterocycles. The molecule has 37 heavy (non-hydrogen) atoms. The first-order valence-corrected chi connectivity index (χ1v) is 11.8. The minimum absolute atomic E-state index is 0.164. The first-order valence-electron chi connectivity index (χ1n) is 11.8. The Labute approximate surface area is 212 Å². The zero-order valence-corrected chi connectivity index (χ0v) is 20.5. The maximum absolute atomic E-state index is 13.7. The van der Waals surface area contributed by atoms with E-state index in [-0.39, 0.29) is 12.2 Å². The number of imidazole rings is 1. The molecule has 3 aromatic carbocycles. The minimum Gasteiger partial charge on any atom is -0.497 e. The van der Waals surface area contributed by atoms with Gasteiger partial charge in [-0.3, -0.25) is 18.5 Å². The zero-order chi connectivity index (χ0) is 25.8. The molecule has 2 aromatic heterocycles. The SMILES string of the molecule is COc1ccc(C=NNc2nc3c(c(=O)n(Cc4ccccc4)c(=O)n3C)n2Cc2ccccc2)cc1. The molecule has 0 atom stereocenters. The normalized spacial score (nSPS) is 11.3. The van der Waals surface area contributed by atoms with Crippen LogP contribution in [0.2, 0.25) is 0 Å². The van der Waals surface area contributed by atoms with Crippen molar-refractivity contribution in [2.24, 2.45) is 12.1 Å². The molecule has 5 rings (SSSR count). The highest BCUT2D eigenvalue weighted by atomic mass is 16.5. The summed E-state index contributed by atoms with van der Waals surface area (Å²) in [5, 5.41) is 4.34. The molecule has 0 unspecified atom stereocenters. The minimum atomic E-state index is -0.431. The summed E-state index contributed by atoms with van der Waals surface area (Å²) in [5.74, 6) is 1.11. The van der Waals surface area contributed by atoms with E-state index < -0.39 is 11.2 Å². The Morgan fingerprint density at radius 1 is 0.865 bits per heavy atom. The topological polar surface area (TPSA) is 95.4 Å². The van der Waals surface area contributed by atoms with Gasteiger partial charge in [-0.05, 0) is 41.0 Å². The van der Waals surface area contributed by atoms with Gasteiger partial charge in [0.05, 0.1) is 26.4 Å². The van der Waals surface area contributed by atoms with Crippen LogP contribution in [0.5, 0.6) is 5.75 Å². The van der Waals surface area contributed by atoms with Crippen LogP contribution in [0, 0.1) is 0 Å². The average molecular weight is 495 g/mol. The average Bonchev–Trinajstić information content (AvgIpc) is 3.29. The van der Waals surface area contributed by atoms with Crippen molar-refractivity contribution in [2.75, 3.05) is 12.5 Å². The first kappa shape index (κ1) is 23.8. The van der Waals surface area contributed by atoms with Crippen molar-refractivity contribution in [2.45, 2.75) is 13.1 Å². The molecule has 0 aliphatic heterocycles. The number of rotatable bonds is 8. The summed E-state index contributed by atoms with van der Waals surface area (Å²) in [5.41, 5.74) is 5.44. The molecule has 0 aliphatic rings. The molecule has 0 amide bonds. The molecule has 9 nitrogen and oxygen atoms in total. The van der Waals surface area contributed by atoms with E-state index >= 15 is 0 Å². The number of hydrogen-bond donors (Lipinski definition) is 1. The van der Waals surface area contributed by atoms with Crippen molar-refractivity contribution < 1.29 is 4.74 Å². The van der Waals surface area contributed by atoms with Crippen molar-refractivity contribution in [3.05, 3.63) is 122 Å². The number of fused-ring (bicyclic) bond motifs is 1. The Morgan fingerprint density at radius 2 is 1.46 bits per heavy atom. The maximum Gasteiger partial charge on any atom is 0.332 e. The van der Waals surface area contributed by atoms with Crippen molar-refractivity contribution in [3.8, 4) is 5.75 Å². The molecule has 1 N–H and O–H groups in total. The quantitative estimate of drug-likeness (QED) is 0.263. The third-order valence-electron chi connectivity index (χ3n) is 6.09. The number of nitrogens with one attached hydrogen (secondary N) is 1. The predicted octanol–water partition coefficient (Wildman–Crippen LogP) is 3.45. The van der Waals surface area contributed by atoms with Crippen LogP contribution in [0.1, 0.15) is 16.7 Å². The van der Waals surface area contributed by atoms with Gasteiger partial charge in [-0.2, -0.15) is 10.1 Å². The number of hydrogen-bond acceptors (Lipinski definition) is 6. The zero-order valence-electron chi connectivity index (χ0n) is 20.5. The highest BCUT2D eigenvalue weighted by Gasteiger charge is 2.20. The summed E-state index contributed by atoms with van der Waals surface area (Å²) in [7, 11) is 3.23. The molecule has 2 heterocycles. The second-order valence-corrected chi connectivity index (χ2v) is 8.54. The summed E-state index contributed by atoms with van der Waals surface area (Å²) < 4.78 is 9.60. The molecular formula is C28H26N6O3. The van der Waals surface area contributed by atoms with E-state index in [2.05, 4.69) is 15.5 Å². The van der Waals surface area contributed by atoms with Crippen LogP contribution < -0.4 is 21.4 Å². The number of hydrazone groups is 1. The number of benzene rings is 3. The van der Waals surface area contributed by atoms with Crippen LogP contribution in [0.4, 0.5) is 5.95 Å². The molecule has 0 bridgehead atoms. The van der Waals surface area contributed by atoms with Gasteiger partial charge < -0.3 is 4.74 Å². The van der Waals surface area contributed by atoms with Crippen LogP contribution in [-0.2, 0) is 20.1 Å². The van der Waals surface area contributed by atoms with E-state index in [0.717, 1.165) is 22.4 Å². The largest absolute Gasteiger partial charge is 0.497 e. The van der Waals surface area contributed by atoms with E-state index in [4.69, 9.17) is 4.74 Å². The standard InChI is InChI=1S/C28H26N6O3/c1-32-25-24(26(35)34(28(32)36)19-22-11-7-4-8-12-22)33(18-21-9-5-3-6-10-21)27(30-25)31-29-17-20-13-15-23(37-2)16-14-20/h3-17H,18-19H2,1-2H3,(H,30,31). The van der Waals surface area contributed by atoms with Crippen LogP contribution in [0.3, 0.4) is 0 Å². The van der Waals surface area contributed by atoms with E-state index in [9.17, 15) is 9.59 Å². The monoisotopic (exact) mass is 494 g/mol. The molecule has 0 fully saturated rings. The molecule has 0 radical (unpaired) electrons. The summed E-state index contributed by atoms with van der Waals surface area (Å²) in [4.78, 5) is 31.5. The number of ether oxygens (including phenoxy) is 1. The van der Waals surface area contributed by atoms with Gasteiger partial charge >= 0.3 is 5.69 Å². The summed E-state index contributed by atoms with van der Waals surface area (Å²) >= 11 is 0. The Hall–Kier alpha value is -4.92. The van der Waals surface area contributed by atoms with Crippen LogP contribution in [0.25, 0.3) is 11.2 Å². The fourth-order valence-electron chi connectivity index (χ4n) is 4.14. The molecular weight excluding hydrogens is 468 g/mol.